The number of aromatic nitrogens is 3. The van der Waals surface area contributed by atoms with E-state index in [9.17, 15) is 4.79 Å². The van der Waals surface area contributed by atoms with Gasteiger partial charge in [-0.15, -0.1) is 11.3 Å². The summed E-state index contributed by atoms with van der Waals surface area (Å²) >= 11 is 7.51. The minimum absolute atomic E-state index is 0.451. The highest BCUT2D eigenvalue weighted by atomic mass is 35.5. The minimum Gasteiger partial charge on any atom is -0.365 e. The number of hydrogen-bond acceptors (Lipinski definition) is 5. The highest BCUT2D eigenvalue weighted by Gasteiger charge is 2.13. The molecule has 3 aromatic heterocycles. The molecule has 0 bridgehead atoms. The number of para-hydroxylation sites is 1. The number of fused-ring (bicyclic) bond motifs is 1. The third-order valence-electron chi connectivity index (χ3n) is 3.95. The number of thiophene rings is 1. The fourth-order valence-electron chi connectivity index (χ4n) is 2.64. The molecule has 0 fully saturated rings. The highest BCUT2D eigenvalue weighted by Crippen LogP contribution is 2.29. The number of rotatable bonds is 4. The molecule has 4 rings (SSSR count). The number of benzene rings is 1. The van der Waals surface area contributed by atoms with E-state index in [-0.39, 0.29) is 0 Å². The number of hydrogen-bond donors (Lipinski definition) is 2. The molecule has 3 heterocycles. The molecule has 0 unspecified atom stereocenters. The Kier molecular flexibility index (Phi) is 4.10. The molecule has 0 saturated heterocycles. The summed E-state index contributed by atoms with van der Waals surface area (Å²) in [5, 5.41) is 11.1. The van der Waals surface area contributed by atoms with E-state index in [0.29, 0.717) is 15.5 Å². The van der Waals surface area contributed by atoms with Crippen LogP contribution in [-0.4, -0.2) is 20.7 Å². The quantitative estimate of drug-likeness (QED) is 0.550. The first-order valence-corrected chi connectivity index (χ1v) is 9.04. The van der Waals surface area contributed by atoms with Gasteiger partial charge in [-0.05, 0) is 31.2 Å². The van der Waals surface area contributed by atoms with Crippen molar-refractivity contribution in [1.82, 2.24) is 14.8 Å². The highest BCUT2D eigenvalue weighted by molar-refractivity contribution is 7.12. The SMILES string of the molecule is Cc1nc2c(cnn2-c2csc(C(N)=O)c2)cc1Nc1ccccc1Cl. The van der Waals surface area contributed by atoms with Crippen molar-refractivity contribution in [3.63, 3.8) is 0 Å². The van der Waals surface area contributed by atoms with Crippen LogP contribution in [0.25, 0.3) is 16.7 Å². The summed E-state index contributed by atoms with van der Waals surface area (Å²) in [6.45, 7) is 1.92. The van der Waals surface area contributed by atoms with Crippen LogP contribution in [0.15, 0.2) is 48.0 Å². The summed E-state index contributed by atoms with van der Waals surface area (Å²) in [6, 6.07) is 11.2. The molecule has 0 aliphatic heterocycles. The van der Waals surface area contributed by atoms with Crippen LogP contribution in [0.3, 0.4) is 0 Å². The fraction of sp³-hybridized carbons (Fsp3) is 0.0556. The zero-order chi connectivity index (χ0) is 18.3. The van der Waals surface area contributed by atoms with Gasteiger partial charge in [-0.2, -0.15) is 5.10 Å². The number of carbonyl (C=O) groups excluding carboxylic acids is 1. The smallest absolute Gasteiger partial charge is 0.258 e. The van der Waals surface area contributed by atoms with Gasteiger partial charge in [-0.3, -0.25) is 4.79 Å². The van der Waals surface area contributed by atoms with Crippen molar-refractivity contribution in [3.05, 3.63) is 63.6 Å². The van der Waals surface area contributed by atoms with Gasteiger partial charge in [0.1, 0.15) is 0 Å². The monoisotopic (exact) mass is 383 g/mol. The number of nitrogens with two attached hydrogens (primary N) is 1. The average Bonchev–Trinajstić information content (AvgIpc) is 3.24. The Labute approximate surface area is 158 Å². The summed E-state index contributed by atoms with van der Waals surface area (Å²) in [6.07, 6.45) is 1.74. The fourth-order valence-corrected chi connectivity index (χ4v) is 3.54. The van der Waals surface area contributed by atoms with Crippen molar-refractivity contribution in [3.8, 4) is 5.69 Å². The third-order valence-corrected chi connectivity index (χ3v) is 5.21. The molecule has 0 radical (unpaired) electrons. The maximum atomic E-state index is 11.3. The van der Waals surface area contributed by atoms with Crippen molar-refractivity contribution in [2.45, 2.75) is 6.92 Å². The second kappa shape index (κ2) is 6.44. The van der Waals surface area contributed by atoms with Crippen LogP contribution < -0.4 is 11.1 Å². The molecule has 4 aromatic rings. The first kappa shape index (κ1) is 16.6. The van der Waals surface area contributed by atoms with Crippen LogP contribution in [0, 0.1) is 6.92 Å². The van der Waals surface area contributed by atoms with E-state index in [1.54, 1.807) is 16.9 Å². The molecule has 26 heavy (non-hydrogen) atoms. The first-order chi connectivity index (χ1) is 12.5. The zero-order valence-corrected chi connectivity index (χ0v) is 15.3. The first-order valence-electron chi connectivity index (χ1n) is 7.78. The molecule has 1 amide bonds. The molecule has 0 saturated carbocycles. The number of anilines is 2. The molecular weight excluding hydrogens is 370 g/mol. The molecule has 0 aliphatic carbocycles. The lowest BCUT2D eigenvalue weighted by Gasteiger charge is -2.11. The van der Waals surface area contributed by atoms with Gasteiger partial charge in [0, 0.05) is 10.8 Å². The van der Waals surface area contributed by atoms with E-state index in [2.05, 4.69) is 15.4 Å². The van der Waals surface area contributed by atoms with Gasteiger partial charge in [0.2, 0.25) is 0 Å². The summed E-state index contributed by atoms with van der Waals surface area (Å²) in [4.78, 5) is 16.5. The number of nitrogens with zero attached hydrogens (tertiary/aromatic N) is 3. The van der Waals surface area contributed by atoms with Crippen molar-refractivity contribution in [2.75, 3.05) is 5.32 Å². The Morgan fingerprint density at radius 2 is 2.08 bits per heavy atom. The second-order valence-corrected chi connectivity index (χ2v) is 7.05. The number of pyridine rings is 1. The number of aryl methyl sites for hydroxylation is 1. The van der Waals surface area contributed by atoms with Crippen LogP contribution in [0.5, 0.6) is 0 Å². The standard InChI is InChI=1S/C18H14ClN5OS/c1-10-15(23-14-5-3-2-4-13(14)19)6-11-8-21-24(18(11)22-10)12-7-16(17(20)25)26-9-12/h2-9,23H,1H3,(H2,20,25). The Morgan fingerprint density at radius 3 is 2.81 bits per heavy atom. The van der Waals surface area contributed by atoms with Crippen LogP contribution in [0.2, 0.25) is 5.02 Å². The third kappa shape index (κ3) is 2.91. The molecule has 130 valence electrons. The van der Waals surface area contributed by atoms with E-state index >= 15 is 0 Å². The minimum atomic E-state index is -0.451. The number of nitrogens with one attached hydrogen (secondary N) is 1. The predicted octanol–water partition coefficient (Wildman–Crippen LogP) is 4.29. The van der Waals surface area contributed by atoms with Crippen molar-refractivity contribution >= 4 is 51.3 Å². The molecule has 1 aromatic carbocycles. The number of primary amides is 1. The van der Waals surface area contributed by atoms with Crippen molar-refractivity contribution in [2.24, 2.45) is 5.73 Å². The van der Waals surface area contributed by atoms with Gasteiger partial charge in [-0.1, -0.05) is 23.7 Å². The Morgan fingerprint density at radius 1 is 1.27 bits per heavy atom. The lowest BCUT2D eigenvalue weighted by molar-refractivity contribution is 0.100. The maximum Gasteiger partial charge on any atom is 0.258 e. The summed E-state index contributed by atoms with van der Waals surface area (Å²) < 4.78 is 1.70. The topological polar surface area (TPSA) is 85.8 Å². The number of carbonyl (C=O) groups is 1. The molecule has 6 nitrogen and oxygen atoms in total. The lowest BCUT2D eigenvalue weighted by atomic mass is 10.2. The molecule has 0 atom stereocenters. The van der Waals surface area contributed by atoms with Gasteiger partial charge in [0.15, 0.2) is 5.65 Å². The number of amides is 1. The molecule has 3 N–H and O–H groups in total. The lowest BCUT2D eigenvalue weighted by Crippen LogP contribution is -2.08. The molecule has 8 heteroatoms. The van der Waals surface area contributed by atoms with Gasteiger partial charge < -0.3 is 11.1 Å². The van der Waals surface area contributed by atoms with Gasteiger partial charge in [-0.25, -0.2) is 9.67 Å². The van der Waals surface area contributed by atoms with Crippen LogP contribution in [0.4, 0.5) is 11.4 Å². The average molecular weight is 384 g/mol. The Balaban J connectivity index is 1.75. The van der Waals surface area contributed by atoms with Gasteiger partial charge in [0.05, 0.1) is 38.9 Å². The van der Waals surface area contributed by atoms with E-state index in [4.69, 9.17) is 17.3 Å². The molecule has 0 spiro atoms. The second-order valence-electron chi connectivity index (χ2n) is 5.73. The van der Waals surface area contributed by atoms with Crippen molar-refractivity contribution in [1.29, 1.82) is 0 Å². The Bertz CT molecular complexity index is 1130. The molecule has 0 aliphatic rings. The van der Waals surface area contributed by atoms with Crippen LogP contribution in [0.1, 0.15) is 15.4 Å². The van der Waals surface area contributed by atoms with Gasteiger partial charge >= 0.3 is 0 Å². The normalized spacial score (nSPS) is 11.0. The number of halogens is 1. The van der Waals surface area contributed by atoms with Gasteiger partial charge in [0.25, 0.3) is 5.91 Å². The largest absolute Gasteiger partial charge is 0.365 e. The predicted molar refractivity (Wildman–Crippen MR) is 105 cm³/mol. The maximum absolute atomic E-state index is 11.3. The Hall–Kier alpha value is -2.90. The zero-order valence-electron chi connectivity index (χ0n) is 13.7. The van der Waals surface area contributed by atoms with E-state index in [1.807, 2.05) is 42.6 Å². The van der Waals surface area contributed by atoms with E-state index in [1.165, 1.54) is 11.3 Å². The van der Waals surface area contributed by atoms with Crippen molar-refractivity contribution < 1.29 is 4.79 Å². The van der Waals surface area contributed by atoms with E-state index < -0.39 is 5.91 Å². The summed E-state index contributed by atoms with van der Waals surface area (Å²) in [5.74, 6) is -0.451. The summed E-state index contributed by atoms with van der Waals surface area (Å²) in [7, 11) is 0. The van der Waals surface area contributed by atoms with Crippen LogP contribution in [-0.2, 0) is 0 Å². The summed E-state index contributed by atoms with van der Waals surface area (Å²) in [5.41, 5.74) is 9.28. The van der Waals surface area contributed by atoms with Crippen LogP contribution >= 0.6 is 22.9 Å². The van der Waals surface area contributed by atoms with E-state index in [0.717, 1.165) is 28.1 Å². The molecular formula is C18H14ClN5OS.